The van der Waals surface area contributed by atoms with Crippen LogP contribution in [0.1, 0.15) is 29.6 Å². The largest absolute Gasteiger partial charge is 0.294 e. The second-order valence-electron chi connectivity index (χ2n) is 4.41. The van der Waals surface area contributed by atoms with E-state index in [4.69, 9.17) is 0 Å². The molecule has 0 atom stereocenters. The van der Waals surface area contributed by atoms with Gasteiger partial charge in [0.05, 0.1) is 5.56 Å². The van der Waals surface area contributed by atoms with Gasteiger partial charge in [-0.25, -0.2) is 13.2 Å². The summed E-state index contributed by atoms with van der Waals surface area (Å²) in [4.78, 5) is 11.9. The summed E-state index contributed by atoms with van der Waals surface area (Å²) in [7, 11) is 0. The molecule has 1 fully saturated rings. The van der Waals surface area contributed by atoms with E-state index in [2.05, 4.69) is 0 Å². The Bertz CT molecular complexity index is 456. The van der Waals surface area contributed by atoms with Gasteiger partial charge in [-0.15, -0.1) is 0 Å². The molecule has 1 saturated heterocycles. The van der Waals surface area contributed by atoms with Gasteiger partial charge in [0.15, 0.2) is 23.2 Å². The van der Waals surface area contributed by atoms with E-state index in [9.17, 15) is 18.0 Å². The van der Waals surface area contributed by atoms with Crippen molar-refractivity contribution in [3.8, 4) is 0 Å². The molecule has 0 radical (unpaired) electrons. The van der Waals surface area contributed by atoms with Crippen molar-refractivity contribution in [1.29, 1.82) is 0 Å². The highest BCUT2D eigenvalue weighted by Crippen LogP contribution is 2.27. The van der Waals surface area contributed by atoms with Crippen molar-refractivity contribution in [3.63, 3.8) is 0 Å². The van der Waals surface area contributed by atoms with Crippen LogP contribution in [-0.2, 0) is 0 Å². The van der Waals surface area contributed by atoms with Gasteiger partial charge in [-0.1, -0.05) is 0 Å². The van der Waals surface area contributed by atoms with E-state index in [0.29, 0.717) is 0 Å². The fourth-order valence-corrected chi connectivity index (χ4v) is 3.27. The molecule has 2 rings (SSSR count). The maximum Gasteiger partial charge on any atom is 0.195 e. The van der Waals surface area contributed by atoms with Crippen LogP contribution in [0.15, 0.2) is 12.1 Å². The molecule has 0 unspecified atom stereocenters. The first-order valence-electron chi connectivity index (χ1n) is 5.84. The van der Waals surface area contributed by atoms with E-state index in [0.717, 1.165) is 36.5 Å². The molecule has 1 aliphatic rings. The van der Waals surface area contributed by atoms with Gasteiger partial charge in [0.1, 0.15) is 0 Å². The average molecular weight is 274 g/mol. The zero-order valence-corrected chi connectivity index (χ0v) is 10.5. The summed E-state index contributed by atoms with van der Waals surface area (Å²) >= 11 is 1.83. The molecular formula is C13H13F3OS. The van der Waals surface area contributed by atoms with E-state index >= 15 is 0 Å². The lowest BCUT2D eigenvalue weighted by molar-refractivity contribution is 0.0953. The summed E-state index contributed by atoms with van der Waals surface area (Å²) in [5, 5.41) is 0. The van der Waals surface area contributed by atoms with Gasteiger partial charge in [0.25, 0.3) is 0 Å². The molecule has 0 aliphatic carbocycles. The Morgan fingerprint density at radius 3 is 2.50 bits per heavy atom. The monoisotopic (exact) mass is 274 g/mol. The van der Waals surface area contributed by atoms with Gasteiger partial charge in [-0.3, -0.25) is 4.79 Å². The summed E-state index contributed by atoms with van der Waals surface area (Å²) in [6, 6.07) is 1.82. The van der Waals surface area contributed by atoms with Crippen LogP contribution < -0.4 is 0 Å². The van der Waals surface area contributed by atoms with E-state index < -0.39 is 23.2 Å². The molecule has 0 saturated carbocycles. The molecule has 0 amide bonds. The fourth-order valence-electron chi connectivity index (χ4n) is 2.06. The third-order valence-corrected chi connectivity index (χ3v) is 4.20. The van der Waals surface area contributed by atoms with Crippen LogP contribution in [0.25, 0.3) is 0 Å². The molecule has 0 bridgehead atoms. The van der Waals surface area contributed by atoms with Crippen LogP contribution >= 0.6 is 11.8 Å². The number of Topliss-reactive ketones (excluding diaryl/α,β-unsaturated/α-hetero) is 1. The summed E-state index contributed by atoms with van der Waals surface area (Å²) in [5.74, 6) is -2.42. The molecule has 98 valence electrons. The standard InChI is InChI=1S/C13H13F3OS/c14-10-2-1-9(12(15)13(10)16)11(17)7-8-3-5-18-6-4-8/h1-2,8H,3-7H2. The molecule has 18 heavy (non-hydrogen) atoms. The molecule has 1 aromatic carbocycles. The Balaban J connectivity index is 2.11. The minimum absolute atomic E-state index is 0.211. The molecule has 0 spiro atoms. The van der Waals surface area contributed by atoms with Crippen LogP contribution in [0, 0.1) is 23.4 Å². The number of carbonyl (C=O) groups excluding carboxylic acids is 1. The predicted molar refractivity (Wildman–Crippen MR) is 65.3 cm³/mol. The van der Waals surface area contributed by atoms with Gasteiger partial charge in [0, 0.05) is 6.42 Å². The fraction of sp³-hybridized carbons (Fsp3) is 0.462. The Hall–Kier alpha value is -0.970. The molecule has 0 aromatic heterocycles. The van der Waals surface area contributed by atoms with Crippen molar-refractivity contribution in [1.82, 2.24) is 0 Å². The van der Waals surface area contributed by atoms with E-state index in [1.807, 2.05) is 11.8 Å². The number of ketones is 1. The Morgan fingerprint density at radius 2 is 1.83 bits per heavy atom. The predicted octanol–water partition coefficient (Wildman–Crippen LogP) is 3.82. The Morgan fingerprint density at radius 1 is 1.17 bits per heavy atom. The zero-order chi connectivity index (χ0) is 13.1. The lowest BCUT2D eigenvalue weighted by Crippen LogP contribution is -2.16. The first kappa shape index (κ1) is 13.5. The van der Waals surface area contributed by atoms with Gasteiger partial charge >= 0.3 is 0 Å². The topological polar surface area (TPSA) is 17.1 Å². The summed E-state index contributed by atoms with van der Waals surface area (Å²) in [6.07, 6.45) is 2.05. The molecule has 1 aliphatic heterocycles. The van der Waals surface area contributed by atoms with Crippen molar-refractivity contribution in [2.45, 2.75) is 19.3 Å². The summed E-state index contributed by atoms with van der Waals surface area (Å²) < 4.78 is 39.2. The van der Waals surface area contributed by atoms with Crippen molar-refractivity contribution in [3.05, 3.63) is 35.1 Å². The maximum atomic E-state index is 13.4. The molecule has 5 heteroatoms. The minimum atomic E-state index is -1.57. The van der Waals surface area contributed by atoms with Crippen molar-refractivity contribution < 1.29 is 18.0 Å². The second-order valence-corrected chi connectivity index (χ2v) is 5.63. The molecule has 1 heterocycles. The smallest absolute Gasteiger partial charge is 0.195 e. The van der Waals surface area contributed by atoms with Crippen LogP contribution in [0.5, 0.6) is 0 Å². The number of hydrogen-bond acceptors (Lipinski definition) is 2. The molecular weight excluding hydrogens is 261 g/mol. The number of rotatable bonds is 3. The van der Waals surface area contributed by atoms with Crippen LogP contribution in [-0.4, -0.2) is 17.3 Å². The third-order valence-electron chi connectivity index (χ3n) is 3.15. The van der Waals surface area contributed by atoms with Crippen molar-refractivity contribution in [2.24, 2.45) is 5.92 Å². The average Bonchev–Trinajstić information content (AvgIpc) is 2.37. The first-order valence-corrected chi connectivity index (χ1v) is 6.99. The van der Waals surface area contributed by atoms with Gasteiger partial charge in [-0.05, 0) is 42.4 Å². The lowest BCUT2D eigenvalue weighted by Gasteiger charge is -2.20. The number of thioether (sulfide) groups is 1. The molecule has 1 nitrogen and oxygen atoms in total. The minimum Gasteiger partial charge on any atom is -0.294 e. The highest BCUT2D eigenvalue weighted by atomic mass is 32.2. The number of carbonyl (C=O) groups is 1. The SMILES string of the molecule is O=C(CC1CCSCC1)c1ccc(F)c(F)c1F. The van der Waals surface area contributed by atoms with Crippen LogP contribution in [0.4, 0.5) is 13.2 Å². The highest BCUT2D eigenvalue weighted by Gasteiger charge is 2.22. The van der Waals surface area contributed by atoms with E-state index in [1.165, 1.54) is 0 Å². The zero-order valence-electron chi connectivity index (χ0n) is 9.72. The number of halogens is 3. The normalized spacial score (nSPS) is 16.8. The maximum absolute atomic E-state index is 13.4. The van der Waals surface area contributed by atoms with Crippen LogP contribution in [0.3, 0.4) is 0 Å². The Kier molecular flexibility index (Phi) is 4.32. The molecule has 0 N–H and O–H groups in total. The number of hydrogen-bond donors (Lipinski definition) is 0. The van der Waals surface area contributed by atoms with Gasteiger partial charge in [-0.2, -0.15) is 11.8 Å². The second kappa shape index (κ2) is 5.78. The summed E-state index contributed by atoms with van der Waals surface area (Å²) in [5.41, 5.74) is -0.341. The van der Waals surface area contributed by atoms with E-state index in [1.54, 1.807) is 0 Å². The van der Waals surface area contributed by atoms with Crippen molar-refractivity contribution in [2.75, 3.05) is 11.5 Å². The lowest BCUT2D eigenvalue weighted by atomic mass is 9.93. The first-order chi connectivity index (χ1) is 8.59. The third kappa shape index (κ3) is 2.88. The number of benzene rings is 1. The van der Waals surface area contributed by atoms with Crippen LogP contribution in [0.2, 0.25) is 0 Å². The van der Waals surface area contributed by atoms with Gasteiger partial charge in [0.2, 0.25) is 0 Å². The van der Waals surface area contributed by atoms with Gasteiger partial charge < -0.3 is 0 Å². The Labute approximate surface area is 108 Å². The summed E-state index contributed by atoms with van der Waals surface area (Å²) in [6.45, 7) is 0. The highest BCUT2D eigenvalue weighted by molar-refractivity contribution is 7.99. The molecule has 1 aromatic rings. The van der Waals surface area contributed by atoms with E-state index in [-0.39, 0.29) is 17.9 Å². The quantitative estimate of drug-likeness (QED) is 0.615. The van der Waals surface area contributed by atoms with Crippen molar-refractivity contribution >= 4 is 17.5 Å².